The highest BCUT2D eigenvalue weighted by Crippen LogP contribution is 2.38. The number of benzene rings is 1. The molecule has 1 saturated heterocycles. The molecule has 2 aromatic heterocycles. The number of nitrogens with zero attached hydrogens (tertiary/aromatic N) is 2. The quantitative estimate of drug-likeness (QED) is 0.715. The summed E-state index contributed by atoms with van der Waals surface area (Å²) in [6.07, 6.45) is 5.93. The average Bonchev–Trinajstić information content (AvgIpc) is 3.11. The van der Waals surface area contributed by atoms with Gasteiger partial charge in [0.25, 0.3) is 0 Å². The van der Waals surface area contributed by atoms with Gasteiger partial charge in [-0.05, 0) is 86.9 Å². The average molecular weight is 349 g/mol. The largest absolute Gasteiger partial charge is 0.358 e. The minimum Gasteiger partial charge on any atom is -0.358 e. The van der Waals surface area contributed by atoms with Gasteiger partial charge in [-0.15, -0.1) is 0 Å². The summed E-state index contributed by atoms with van der Waals surface area (Å²) in [5.41, 5.74) is 5.61. The number of halogens is 1. The Morgan fingerprint density at radius 1 is 1.08 bits per heavy atom. The normalized spacial score (nSPS) is 21.0. The number of aromatic nitrogens is 2. The lowest BCUT2D eigenvalue weighted by atomic mass is 9.89. The maximum absolute atomic E-state index is 13.4. The van der Waals surface area contributed by atoms with Crippen LogP contribution in [0.2, 0.25) is 0 Å². The molecule has 1 fully saturated rings. The second-order valence-electron chi connectivity index (χ2n) is 7.31. The van der Waals surface area contributed by atoms with Crippen LogP contribution in [0.15, 0.2) is 54.9 Å². The van der Waals surface area contributed by atoms with Crippen molar-refractivity contribution in [2.45, 2.75) is 31.7 Å². The van der Waals surface area contributed by atoms with Crippen molar-refractivity contribution < 1.29 is 4.39 Å². The van der Waals surface area contributed by atoms with E-state index >= 15 is 0 Å². The van der Waals surface area contributed by atoms with Crippen LogP contribution < -0.4 is 0 Å². The Labute approximate surface area is 153 Å². The van der Waals surface area contributed by atoms with Crippen LogP contribution in [-0.2, 0) is 0 Å². The van der Waals surface area contributed by atoms with Gasteiger partial charge in [0.15, 0.2) is 0 Å². The molecule has 0 radical (unpaired) electrons. The molecule has 0 saturated carbocycles. The molecular formula is C22H24FN3. The second-order valence-corrected chi connectivity index (χ2v) is 7.31. The number of hydrogen-bond donors (Lipinski definition) is 1. The third kappa shape index (κ3) is 3.29. The topological polar surface area (TPSA) is 31.9 Å². The third-order valence-corrected chi connectivity index (χ3v) is 5.61. The Hall–Kier alpha value is -2.46. The van der Waals surface area contributed by atoms with Gasteiger partial charge in [-0.3, -0.25) is 4.98 Å². The van der Waals surface area contributed by atoms with Crippen LogP contribution in [0.4, 0.5) is 4.39 Å². The monoisotopic (exact) mass is 349 g/mol. The highest BCUT2D eigenvalue weighted by molar-refractivity contribution is 5.82. The molecule has 3 heterocycles. The summed E-state index contributed by atoms with van der Waals surface area (Å²) in [7, 11) is 2.20. The minimum atomic E-state index is -0.213. The molecule has 0 unspecified atom stereocenters. The molecule has 2 atom stereocenters. The highest BCUT2D eigenvalue weighted by Gasteiger charge is 2.26. The van der Waals surface area contributed by atoms with Crippen LogP contribution in [0.25, 0.3) is 22.4 Å². The van der Waals surface area contributed by atoms with Crippen molar-refractivity contribution in [2.24, 2.45) is 0 Å². The van der Waals surface area contributed by atoms with E-state index in [1.54, 1.807) is 0 Å². The molecule has 0 aliphatic carbocycles. The zero-order valence-electron chi connectivity index (χ0n) is 15.2. The maximum atomic E-state index is 13.4. The van der Waals surface area contributed by atoms with Gasteiger partial charge in [0, 0.05) is 35.6 Å². The molecule has 4 rings (SSSR count). The standard InChI is InChI=1S/C22H24FN3/c1-15-13-18(9-12-26(15)2)21-14-20(16-7-10-24-11-8-16)22(25-21)17-3-5-19(23)6-4-17/h3-8,10-11,14-15,18,25H,9,12-13H2,1-2H3/t15-,18-/m0/s1. The van der Waals surface area contributed by atoms with E-state index in [0.29, 0.717) is 12.0 Å². The van der Waals surface area contributed by atoms with E-state index in [-0.39, 0.29) is 5.82 Å². The van der Waals surface area contributed by atoms with Gasteiger partial charge < -0.3 is 9.88 Å². The summed E-state index contributed by atoms with van der Waals surface area (Å²) in [6.45, 7) is 3.40. The number of likely N-dealkylation sites (tertiary alicyclic amines) is 1. The SMILES string of the molecule is C[C@H]1C[C@@H](c2cc(-c3ccncc3)c(-c3ccc(F)cc3)[nH]2)CCN1C. The summed E-state index contributed by atoms with van der Waals surface area (Å²) in [5, 5.41) is 0. The number of rotatable bonds is 3. The molecule has 1 N–H and O–H groups in total. The molecule has 26 heavy (non-hydrogen) atoms. The van der Waals surface area contributed by atoms with Crippen LogP contribution in [0, 0.1) is 5.82 Å². The summed E-state index contributed by atoms with van der Waals surface area (Å²) < 4.78 is 13.4. The lowest BCUT2D eigenvalue weighted by molar-refractivity contribution is 0.181. The molecule has 134 valence electrons. The fraction of sp³-hybridized carbons (Fsp3) is 0.318. The van der Waals surface area contributed by atoms with E-state index in [4.69, 9.17) is 0 Å². The lowest BCUT2D eigenvalue weighted by Gasteiger charge is -2.34. The highest BCUT2D eigenvalue weighted by atomic mass is 19.1. The Bertz CT molecular complexity index is 870. The van der Waals surface area contributed by atoms with Gasteiger partial charge in [-0.2, -0.15) is 0 Å². The van der Waals surface area contributed by atoms with Gasteiger partial charge in [-0.25, -0.2) is 4.39 Å². The summed E-state index contributed by atoms with van der Waals surface area (Å²) in [5.74, 6) is 0.311. The number of piperidine rings is 1. The molecule has 1 aliphatic rings. The van der Waals surface area contributed by atoms with Gasteiger partial charge in [0.05, 0.1) is 5.69 Å². The summed E-state index contributed by atoms with van der Waals surface area (Å²) in [4.78, 5) is 10.2. The van der Waals surface area contributed by atoms with Crippen molar-refractivity contribution in [3.8, 4) is 22.4 Å². The molecule has 1 aromatic carbocycles. The van der Waals surface area contributed by atoms with Crippen molar-refractivity contribution in [1.82, 2.24) is 14.9 Å². The number of nitrogens with one attached hydrogen (secondary N) is 1. The summed E-state index contributed by atoms with van der Waals surface area (Å²) >= 11 is 0. The van der Waals surface area contributed by atoms with Gasteiger partial charge in [-0.1, -0.05) is 0 Å². The number of aromatic amines is 1. The first-order valence-corrected chi connectivity index (χ1v) is 9.21. The first-order chi connectivity index (χ1) is 12.6. The van der Waals surface area contributed by atoms with Crippen molar-refractivity contribution in [3.05, 3.63) is 66.4 Å². The van der Waals surface area contributed by atoms with Crippen LogP contribution in [0.5, 0.6) is 0 Å². The Morgan fingerprint density at radius 3 is 2.50 bits per heavy atom. The number of pyridine rings is 1. The van der Waals surface area contributed by atoms with Gasteiger partial charge in [0.2, 0.25) is 0 Å². The second kappa shape index (κ2) is 7.04. The van der Waals surface area contributed by atoms with E-state index in [1.165, 1.54) is 17.8 Å². The molecule has 4 heteroatoms. The Kier molecular flexibility index (Phi) is 4.60. The molecule has 1 aliphatic heterocycles. The molecule has 3 nitrogen and oxygen atoms in total. The predicted molar refractivity (Wildman–Crippen MR) is 103 cm³/mol. The van der Waals surface area contributed by atoms with E-state index in [9.17, 15) is 4.39 Å². The van der Waals surface area contributed by atoms with Crippen LogP contribution >= 0.6 is 0 Å². The number of H-pyrrole nitrogens is 1. The maximum Gasteiger partial charge on any atom is 0.123 e. The van der Waals surface area contributed by atoms with Gasteiger partial charge >= 0.3 is 0 Å². The lowest BCUT2D eigenvalue weighted by Crippen LogP contribution is -2.36. The van der Waals surface area contributed by atoms with Crippen LogP contribution in [-0.4, -0.2) is 34.5 Å². The van der Waals surface area contributed by atoms with Gasteiger partial charge in [0.1, 0.15) is 5.82 Å². The van der Waals surface area contributed by atoms with E-state index in [0.717, 1.165) is 41.8 Å². The van der Waals surface area contributed by atoms with Crippen molar-refractivity contribution in [2.75, 3.05) is 13.6 Å². The van der Waals surface area contributed by atoms with Crippen molar-refractivity contribution in [1.29, 1.82) is 0 Å². The molecule has 0 amide bonds. The fourth-order valence-corrected chi connectivity index (χ4v) is 3.87. The number of hydrogen-bond acceptors (Lipinski definition) is 2. The third-order valence-electron chi connectivity index (χ3n) is 5.61. The summed E-state index contributed by atoms with van der Waals surface area (Å²) in [6, 6.07) is 13.6. The van der Waals surface area contributed by atoms with Crippen LogP contribution in [0.1, 0.15) is 31.4 Å². The Morgan fingerprint density at radius 2 is 1.81 bits per heavy atom. The zero-order valence-corrected chi connectivity index (χ0v) is 15.2. The fourth-order valence-electron chi connectivity index (χ4n) is 3.87. The first-order valence-electron chi connectivity index (χ1n) is 9.21. The predicted octanol–water partition coefficient (Wildman–Crippen LogP) is 5.08. The smallest absolute Gasteiger partial charge is 0.123 e. The Balaban J connectivity index is 1.77. The van der Waals surface area contributed by atoms with E-state index in [1.807, 2.05) is 36.7 Å². The molecule has 3 aromatic rings. The zero-order chi connectivity index (χ0) is 18.1. The van der Waals surface area contributed by atoms with E-state index < -0.39 is 0 Å². The molecular weight excluding hydrogens is 325 g/mol. The molecule has 0 bridgehead atoms. The molecule has 0 spiro atoms. The van der Waals surface area contributed by atoms with Crippen LogP contribution in [0.3, 0.4) is 0 Å². The minimum absolute atomic E-state index is 0.213. The van der Waals surface area contributed by atoms with Crippen molar-refractivity contribution >= 4 is 0 Å². The first kappa shape index (κ1) is 17.0. The van der Waals surface area contributed by atoms with E-state index in [2.05, 4.69) is 34.9 Å². The van der Waals surface area contributed by atoms with Crippen molar-refractivity contribution in [3.63, 3.8) is 0 Å².